The third-order valence-corrected chi connectivity index (χ3v) is 5.26. The highest BCUT2D eigenvalue weighted by atomic mass is 32.2. The number of nitrogens with one attached hydrogen (secondary N) is 2. The zero-order chi connectivity index (χ0) is 13.7. The molecule has 2 aromatic heterocycles. The van der Waals surface area contributed by atoms with Crippen LogP contribution in [-0.2, 0) is 23.0 Å². The van der Waals surface area contributed by atoms with E-state index in [0.29, 0.717) is 23.1 Å². The second kappa shape index (κ2) is 6.24. The summed E-state index contributed by atoms with van der Waals surface area (Å²) in [6.07, 6.45) is 1.65. The predicted octanol–water partition coefficient (Wildman–Crippen LogP) is 0.371. The molecule has 0 saturated carbocycles. The first kappa shape index (κ1) is 14.1. The number of hydrogen-bond acceptors (Lipinski definition) is 7. The first-order chi connectivity index (χ1) is 9.12. The lowest BCUT2D eigenvalue weighted by molar-refractivity contribution is 0.377. The van der Waals surface area contributed by atoms with E-state index in [0.717, 1.165) is 5.56 Å². The monoisotopic (exact) mass is 302 g/mol. The van der Waals surface area contributed by atoms with Crippen LogP contribution in [0.15, 0.2) is 26.5 Å². The zero-order valence-corrected chi connectivity index (χ0v) is 11.9. The summed E-state index contributed by atoms with van der Waals surface area (Å²) in [5, 5.41) is 8.25. The molecule has 0 aliphatic carbocycles. The highest BCUT2D eigenvalue weighted by Gasteiger charge is 2.16. The van der Waals surface area contributed by atoms with E-state index in [4.69, 9.17) is 4.52 Å². The van der Waals surface area contributed by atoms with Crippen molar-refractivity contribution < 1.29 is 12.9 Å². The van der Waals surface area contributed by atoms with Gasteiger partial charge in [-0.05, 0) is 24.1 Å². The third kappa shape index (κ3) is 3.83. The molecule has 0 aliphatic rings. The van der Waals surface area contributed by atoms with Crippen LogP contribution < -0.4 is 10.0 Å². The third-order valence-electron chi connectivity index (χ3n) is 2.31. The van der Waals surface area contributed by atoms with Crippen molar-refractivity contribution in [3.05, 3.63) is 29.2 Å². The lowest BCUT2D eigenvalue weighted by Crippen LogP contribution is -2.25. The van der Waals surface area contributed by atoms with Crippen LogP contribution >= 0.6 is 11.3 Å². The van der Waals surface area contributed by atoms with Crippen molar-refractivity contribution >= 4 is 21.4 Å². The van der Waals surface area contributed by atoms with Gasteiger partial charge in [0.15, 0.2) is 6.33 Å². The van der Waals surface area contributed by atoms with Gasteiger partial charge in [-0.1, -0.05) is 5.16 Å². The van der Waals surface area contributed by atoms with Gasteiger partial charge < -0.3 is 9.84 Å². The molecule has 7 nitrogen and oxygen atoms in total. The Morgan fingerprint density at radius 1 is 1.47 bits per heavy atom. The van der Waals surface area contributed by atoms with Gasteiger partial charge in [-0.15, -0.1) is 11.3 Å². The molecule has 0 spiro atoms. The van der Waals surface area contributed by atoms with E-state index in [1.807, 2.05) is 12.4 Å². The molecule has 0 aliphatic heterocycles. The molecule has 0 bridgehead atoms. The molecule has 0 aromatic carbocycles. The molecular weight excluding hydrogens is 288 g/mol. The standard InChI is InChI=1S/C10H14N4O3S2/c1-11-5-8-4-10(18-6-8)19(15,16)14-3-2-9-12-7-13-17-9/h4,6-7,11,14H,2-3,5H2,1H3. The summed E-state index contributed by atoms with van der Waals surface area (Å²) in [5.41, 5.74) is 0.949. The second-order valence-corrected chi connectivity index (χ2v) is 6.69. The highest BCUT2D eigenvalue weighted by Crippen LogP contribution is 2.19. The van der Waals surface area contributed by atoms with Crippen molar-refractivity contribution in [3.8, 4) is 0 Å². The molecule has 2 N–H and O–H groups in total. The minimum Gasteiger partial charge on any atom is -0.340 e. The Balaban J connectivity index is 1.93. The van der Waals surface area contributed by atoms with E-state index in [9.17, 15) is 8.42 Å². The zero-order valence-electron chi connectivity index (χ0n) is 10.3. The summed E-state index contributed by atoms with van der Waals surface area (Å²) in [6, 6.07) is 1.66. The van der Waals surface area contributed by atoms with Gasteiger partial charge in [-0.25, -0.2) is 13.1 Å². The summed E-state index contributed by atoms with van der Waals surface area (Å²) in [6.45, 7) is 0.873. The van der Waals surface area contributed by atoms with Crippen molar-refractivity contribution in [1.29, 1.82) is 0 Å². The van der Waals surface area contributed by atoms with E-state index in [2.05, 4.69) is 20.2 Å². The normalized spacial score (nSPS) is 11.8. The van der Waals surface area contributed by atoms with E-state index >= 15 is 0 Å². The second-order valence-electron chi connectivity index (χ2n) is 3.79. The van der Waals surface area contributed by atoms with Crippen LogP contribution in [0.4, 0.5) is 0 Å². The SMILES string of the molecule is CNCc1csc(S(=O)(=O)NCCc2ncno2)c1. The Hall–Kier alpha value is -1.29. The van der Waals surface area contributed by atoms with Gasteiger partial charge >= 0.3 is 0 Å². The van der Waals surface area contributed by atoms with Crippen LogP contribution in [0.25, 0.3) is 0 Å². The van der Waals surface area contributed by atoms with E-state index < -0.39 is 10.0 Å². The molecule has 2 aromatic rings. The Kier molecular flexibility index (Phi) is 4.64. The molecule has 104 valence electrons. The number of hydrogen-bond donors (Lipinski definition) is 2. The van der Waals surface area contributed by atoms with Crippen LogP contribution in [0.3, 0.4) is 0 Å². The first-order valence-corrected chi connectivity index (χ1v) is 7.95. The van der Waals surface area contributed by atoms with Crippen LogP contribution in [0, 0.1) is 0 Å². The summed E-state index contributed by atoms with van der Waals surface area (Å²) in [4.78, 5) is 3.82. The largest absolute Gasteiger partial charge is 0.340 e. The Morgan fingerprint density at radius 3 is 3.00 bits per heavy atom. The van der Waals surface area contributed by atoms with Crippen LogP contribution in [0.5, 0.6) is 0 Å². The topological polar surface area (TPSA) is 97.1 Å². The smallest absolute Gasteiger partial charge is 0.250 e. The summed E-state index contributed by atoms with van der Waals surface area (Å²) < 4.78 is 31.6. The summed E-state index contributed by atoms with van der Waals surface area (Å²) in [5.74, 6) is 0.407. The van der Waals surface area contributed by atoms with Crippen molar-refractivity contribution in [2.45, 2.75) is 17.2 Å². The number of aromatic nitrogens is 2. The molecule has 0 saturated heterocycles. The molecule has 19 heavy (non-hydrogen) atoms. The Morgan fingerprint density at radius 2 is 2.32 bits per heavy atom. The van der Waals surface area contributed by atoms with Gasteiger partial charge in [-0.2, -0.15) is 4.98 Å². The van der Waals surface area contributed by atoms with Gasteiger partial charge in [0.2, 0.25) is 15.9 Å². The van der Waals surface area contributed by atoms with Crippen molar-refractivity contribution in [1.82, 2.24) is 20.2 Å². The predicted molar refractivity (Wildman–Crippen MR) is 70.3 cm³/mol. The minimum atomic E-state index is -3.46. The van der Waals surface area contributed by atoms with Gasteiger partial charge in [0.05, 0.1) is 0 Å². The summed E-state index contributed by atoms with van der Waals surface area (Å²) in [7, 11) is -1.65. The molecule has 2 heterocycles. The maximum absolute atomic E-state index is 12.0. The van der Waals surface area contributed by atoms with E-state index in [1.165, 1.54) is 17.7 Å². The van der Waals surface area contributed by atoms with Crippen LogP contribution in [0.1, 0.15) is 11.5 Å². The average molecular weight is 302 g/mol. The van der Waals surface area contributed by atoms with Gasteiger partial charge in [0.25, 0.3) is 0 Å². The van der Waals surface area contributed by atoms with Gasteiger partial charge in [0.1, 0.15) is 4.21 Å². The first-order valence-electron chi connectivity index (χ1n) is 5.59. The molecule has 0 radical (unpaired) electrons. The number of rotatable bonds is 7. The average Bonchev–Trinajstić information content (AvgIpc) is 3.00. The van der Waals surface area contributed by atoms with Crippen LogP contribution in [0.2, 0.25) is 0 Å². The lowest BCUT2D eigenvalue weighted by Gasteiger charge is -2.02. The number of nitrogens with zero attached hydrogens (tertiary/aromatic N) is 2. The molecule has 0 unspecified atom stereocenters. The van der Waals surface area contributed by atoms with Gasteiger partial charge in [-0.3, -0.25) is 0 Å². The highest BCUT2D eigenvalue weighted by molar-refractivity contribution is 7.91. The van der Waals surface area contributed by atoms with E-state index in [-0.39, 0.29) is 6.54 Å². The molecule has 0 amide bonds. The molecule has 9 heteroatoms. The summed E-state index contributed by atoms with van der Waals surface area (Å²) >= 11 is 1.20. The molecule has 2 rings (SSSR count). The lowest BCUT2D eigenvalue weighted by atomic mass is 10.3. The Bertz CT molecular complexity index is 607. The number of sulfonamides is 1. The maximum atomic E-state index is 12.0. The maximum Gasteiger partial charge on any atom is 0.250 e. The fraction of sp³-hybridized carbons (Fsp3) is 0.400. The number of thiophene rings is 1. The minimum absolute atomic E-state index is 0.226. The van der Waals surface area contributed by atoms with Crippen molar-refractivity contribution in [3.63, 3.8) is 0 Å². The quantitative estimate of drug-likeness (QED) is 0.767. The molecular formula is C10H14N4O3S2. The van der Waals surface area contributed by atoms with Crippen molar-refractivity contribution in [2.24, 2.45) is 0 Å². The molecule has 0 atom stereocenters. The van der Waals surface area contributed by atoms with E-state index in [1.54, 1.807) is 6.07 Å². The molecule has 0 fully saturated rings. The Labute approximate surface area is 115 Å². The fourth-order valence-corrected chi connectivity index (χ4v) is 3.75. The van der Waals surface area contributed by atoms with Gasteiger partial charge in [0, 0.05) is 19.5 Å². The van der Waals surface area contributed by atoms with Crippen LogP contribution in [-0.4, -0.2) is 32.2 Å². The van der Waals surface area contributed by atoms with Crippen molar-refractivity contribution in [2.75, 3.05) is 13.6 Å². The fourth-order valence-electron chi connectivity index (χ4n) is 1.46.